The van der Waals surface area contributed by atoms with Gasteiger partial charge >= 0.3 is 5.97 Å². The molecule has 1 aromatic rings. The van der Waals surface area contributed by atoms with Gasteiger partial charge in [0, 0.05) is 13.1 Å². The summed E-state index contributed by atoms with van der Waals surface area (Å²) in [5.41, 5.74) is 0.931. The first-order valence-corrected chi connectivity index (χ1v) is 6.54. The number of ether oxygens (including phenoxy) is 1. The van der Waals surface area contributed by atoms with Gasteiger partial charge in [0.2, 0.25) is 5.91 Å². The van der Waals surface area contributed by atoms with Crippen molar-refractivity contribution in [1.29, 1.82) is 0 Å². The van der Waals surface area contributed by atoms with E-state index in [9.17, 15) is 9.59 Å². The Balaban J connectivity index is 1.91. The van der Waals surface area contributed by atoms with Gasteiger partial charge in [0.25, 0.3) is 0 Å². The van der Waals surface area contributed by atoms with Crippen molar-refractivity contribution >= 4 is 11.9 Å². The molecule has 1 N–H and O–H groups in total. The number of benzene rings is 1. The Hall–Kier alpha value is -2.14. The van der Waals surface area contributed by atoms with E-state index in [-0.39, 0.29) is 25.0 Å². The lowest BCUT2D eigenvalue weighted by Gasteiger charge is -2.30. The van der Waals surface area contributed by atoms with Crippen molar-refractivity contribution in [3.63, 3.8) is 0 Å². The second-order valence-electron chi connectivity index (χ2n) is 4.59. The minimum atomic E-state index is -0.579. The third-order valence-corrected chi connectivity index (χ3v) is 3.15. The molecule has 1 aliphatic rings. The molecule has 5 heteroatoms. The number of carbonyl (C=O) groups excluding carboxylic acids is 2. The maximum atomic E-state index is 12.1. The van der Waals surface area contributed by atoms with E-state index < -0.39 is 6.04 Å². The molecular formula is C15H18N2O3. The molecule has 5 nitrogen and oxygen atoms in total. The largest absolute Gasteiger partial charge is 0.459 e. The topological polar surface area (TPSA) is 58.6 Å². The molecule has 20 heavy (non-hydrogen) atoms. The van der Waals surface area contributed by atoms with Crippen LogP contribution in [0.1, 0.15) is 5.56 Å². The number of amides is 1. The van der Waals surface area contributed by atoms with Crippen LogP contribution in [0.2, 0.25) is 0 Å². The minimum absolute atomic E-state index is 0.0843. The summed E-state index contributed by atoms with van der Waals surface area (Å²) in [6.45, 7) is 5.23. The molecule has 1 atom stereocenters. The Kier molecular flexibility index (Phi) is 4.90. The van der Waals surface area contributed by atoms with Gasteiger partial charge < -0.3 is 10.1 Å². The zero-order valence-corrected chi connectivity index (χ0v) is 11.2. The Bertz CT molecular complexity index is 487. The van der Waals surface area contributed by atoms with Gasteiger partial charge in [-0.05, 0) is 5.56 Å². The molecule has 0 bridgehead atoms. The first-order valence-electron chi connectivity index (χ1n) is 6.54. The highest BCUT2D eigenvalue weighted by molar-refractivity contribution is 5.82. The Morgan fingerprint density at radius 1 is 1.45 bits per heavy atom. The standard InChI is InChI=1S/C15H18N2O3/c1-2-13(17-9-8-16-14(18)10-17)15(19)20-11-12-6-4-3-5-7-12/h2-7,13H,1,8-11H2,(H,16,18). The van der Waals surface area contributed by atoms with Crippen molar-refractivity contribution in [2.24, 2.45) is 0 Å². The van der Waals surface area contributed by atoms with Gasteiger partial charge in [0.15, 0.2) is 0 Å². The van der Waals surface area contributed by atoms with Crippen molar-refractivity contribution in [2.75, 3.05) is 19.6 Å². The third-order valence-electron chi connectivity index (χ3n) is 3.15. The number of nitrogens with one attached hydrogen (secondary N) is 1. The molecule has 1 fully saturated rings. The van der Waals surface area contributed by atoms with Crippen LogP contribution in [0.5, 0.6) is 0 Å². The van der Waals surface area contributed by atoms with Crippen LogP contribution >= 0.6 is 0 Å². The molecule has 1 amide bonds. The number of hydrogen-bond acceptors (Lipinski definition) is 4. The van der Waals surface area contributed by atoms with Crippen LogP contribution < -0.4 is 5.32 Å². The summed E-state index contributed by atoms with van der Waals surface area (Å²) >= 11 is 0. The van der Waals surface area contributed by atoms with E-state index in [2.05, 4.69) is 11.9 Å². The average Bonchev–Trinajstić information content (AvgIpc) is 2.47. The van der Waals surface area contributed by atoms with Gasteiger partial charge in [-0.3, -0.25) is 9.69 Å². The van der Waals surface area contributed by atoms with Crippen LogP contribution in [0.4, 0.5) is 0 Å². The smallest absolute Gasteiger partial charge is 0.327 e. The van der Waals surface area contributed by atoms with Gasteiger partial charge in [-0.1, -0.05) is 36.4 Å². The van der Waals surface area contributed by atoms with Crippen molar-refractivity contribution in [3.8, 4) is 0 Å². The predicted molar refractivity (Wildman–Crippen MR) is 74.8 cm³/mol. The van der Waals surface area contributed by atoms with Crippen molar-refractivity contribution < 1.29 is 14.3 Å². The fraction of sp³-hybridized carbons (Fsp3) is 0.333. The highest BCUT2D eigenvalue weighted by atomic mass is 16.5. The van der Waals surface area contributed by atoms with E-state index in [1.165, 1.54) is 6.08 Å². The molecule has 1 saturated heterocycles. The zero-order chi connectivity index (χ0) is 14.4. The fourth-order valence-corrected chi connectivity index (χ4v) is 2.10. The molecular weight excluding hydrogens is 256 g/mol. The lowest BCUT2D eigenvalue weighted by atomic mass is 10.2. The number of carbonyl (C=O) groups is 2. The van der Waals surface area contributed by atoms with Crippen molar-refractivity contribution in [1.82, 2.24) is 10.2 Å². The maximum absolute atomic E-state index is 12.1. The molecule has 1 aliphatic heterocycles. The maximum Gasteiger partial charge on any atom is 0.327 e. The lowest BCUT2D eigenvalue weighted by molar-refractivity contribution is -0.150. The van der Waals surface area contributed by atoms with Crippen LogP contribution in [0.15, 0.2) is 43.0 Å². The molecule has 1 unspecified atom stereocenters. The van der Waals surface area contributed by atoms with Gasteiger partial charge in [0.05, 0.1) is 6.54 Å². The highest BCUT2D eigenvalue weighted by Gasteiger charge is 2.28. The quantitative estimate of drug-likeness (QED) is 0.635. The van der Waals surface area contributed by atoms with Gasteiger partial charge in [-0.15, -0.1) is 6.58 Å². The van der Waals surface area contributed by atoms with Gasteiger partial charge in [0.1, 0.15) is 12.6 Å². The Morgan fingerprint density at radius 2 is 2.20 bits per heavy atom. The SMILES string of the molecule is C=CC(C(=O)OCc1ccccc1)N1CCNC(=O)C1. The van der Waals surface area contributed by atoms with Crippen LogP contribution in [0.3, 0.4) is 0 Å². The van der Waals surface area contributed by atoms with Crippen LogP contribution in [-0.2, 0) is 20.9 Å². The molecule has 106 valence electrons. The first kappa shape index (κ1) is 14.3. The number of rotatable bonds is 5. The number of nitrogens with zero attached hydrogens (tertiary/aromatic N) is 1. The second kappa shape index (κ2) is 6.86. The fourth-order valence-electron chi connectivity index (χ4n) is 2.10. The third kappa shape index (κ3) is 3.68. The van der Waals surface area contributed by atoms with E-state index >= 15 is 0 Å². The minimum Gasteiger partial charge on any atom is -0.459 e. The molecule has 0 radical (unpaired) electrons. The molecule has 1 aromatic carbocycles. The summed E-state index contributed by atoms with van der Waals surface area (Å²) in [5.74, 6) is -0.461. The van der Waals surface area contributed by atoms with Crippen LogP contribution in [-0.4, -0.2) is 42.5 Å². The van der Waals surface area contributed by atoms with E-state index in [4.69, 9.17) is 4.74 Å². The van der Waals surface area contributed by atoms with E-state index in [1.54, 1.807) is 4.90 Å². The summed E-state index contributed by atoms with van der Waals surface area (Å²) < 4.78 is 5.29. The number of piperazine rings is 1. The summed E-state index contributed by atoms with van der Waals surface area (Å²) in [6, 6.07) is 8.90. The Labute approximate surface area is 118 Å². The molecule has 0 aromatic heterocycles. The van der Waals surface area contributed by atoms with Crippen LogP contribution in [0, 0.1) is 0 Å². The molecule has 1 heterocycles. The second-order valence-corrected chi connectivity index (χ2v) is 4.59. The molecule has 0 saturated carbocycles. The predicted octanol–water partition coefficient (Wildman–Crippen LogP) is 0.716. The van der Waals surface area contributed by atoms with Gasteiger partial charge in [-0.2, -0.15) is 0 Å². The van der Waals surface area contributed by atoms with Crippen LogP contribution in [0.25, 0.3) is 0 Å². The lowest BCUT2D eigenvalue weighted by Crippen LogP contribution is -2.53. The van der Waals surface area contributed by atoms with Crippen molar-refractivity contribution in [2.45, 2.75) is 12.6 Å². The molecule has 0 spiro atoms. The van der Waals surface area contributed by atoms with Crippen molar-refractivity contribution in [3.05, 3.63) is 48.6 Å². The van der Waals surface area contributed by atoms with E-state index in [0.29, 0.717) is 13.1 Å². The highest BCUT2D eigenvalue weighted by Crippen LogP contribution is 2.08. The monoisotopic (exact) mass is 274 g/mol. The number of hydrogen-bond donors (Lipinski definition) is 1. The van der Waals surface area contributed by atoms with Gasteiger partial charge in [-0.25, -0.2) is 4.79 Å². The summed E-state index contributed by atoms with van der Waals surface area (Å²) in [5, 5.41) is 2.72. The Morgan fingerprint density at radius 3 is 2.85 bits per heavy atom. The van der Waals surface area contributed by atoms with E-state index in [1.807, 2.05) is 30.3 Å². The summed E-state index contributed by atoms with van der Waals surface area (Å²) in [6.07, 6.45) is 1.52. The molecule has 2 rings (SSSR count). The normalized spacial score (nSPS) is 17.1. The summed E-state index contributed by atoms with van der Waals surface area (Å²) in [7, 11) is 0. The average molecular weight is 274 g/mol. The number of esters is 1. The first-order chi connectivity index (χ1) is 9.70. The summed E-state index contributed by atoms with van der Waals surface area (Å²) in [4.78, 5) is 25.2. The zero-order valence-electron chi connectivity index (χ0n) is 11.2. The molecule has 0 aliphatic carbocycles. The van der Waals surface area contributed by atoms with E-state index in [0.717, 1.165) is 5.56 Å².